The molecule has 0 amide bonds. The van der Waals surface area contributed by atoms with E-state index in [0.29, 0.717) is 0 Å². The molecule has 2 nitrogen and oxygen atoms in total. The van der Waals surface area contributed by atoms with E-state index in [9.17, 15) is 27.1 Å². The average Bonchev–Trinajstić information content (AvgIpc) is 2.57. The molecule has 0 spiro atoms. The van der Waals surface area contributed by atoms with Crippen LogP contribution >= 0.6 is 0 Å². The molecule has 2 unspecified atom stereocenters. The molecule has 1 N–H and O–H groups in total. The molecule has 148 valence electrons. The van der Waals surface area contributed by atoms with Gasteiger partial charge in [0, 0.05) is 6.42 Å². The van der Waals surface area contributed by atoms with Crippen LogP contribution in [0.3, 0.4) is 0 Å². The summed E-state index contributed by atoms with van der Waals surface area (Å²) in [6.07, 6.45) is -6.36. The van der Waals surface area contributed by atoms with Crippen molar-refractivity contribution < 1.29 is 31.8 Å². The topological polar surface area (TPSA) is 29.5 Å². The molecule has 7 heteroatoms. The van der Waals surface area contributed by atoms with E-state index in [2.05, 4.69) is 0 Å². The lowest BCUT2D eigenvalue weighted by atomic mass is 9.82. The van der Waals surface area contributed by atoms with E-state index in [0.717, 1.165) is 18.2 Å². The number of halogens is 5. The third kappa shape index (κ3) is 4.77. The number of aliphatic hydroxyl groups is 1. The quantitative estimate of drug-likeness (QED) is 0.680. The number of benzene rings is 2. The standard InChI is InChI=1S/C20H21F5O2/c1-12-8-14(4-6-17(12)22)11-19(26,20(23,24)25)10-13(2)16-9-15(21)5-7-18(16)27-3/h4-9,13,26H,10-11H2,1-3H3. The highest BCUT2D eigenvalue weighted by atomic mass is 19.4. The first-order chi connectivity index (χ1) is 12.5. The number of methoxy groups -OCH3 is 1. The van der Waals surface area contributed by atoms with Gasteiger partial charge in [-0.1, -0.05) is 19.1 Å². The van der Waals surface area contributed by atoms with Crippen LogP contribution in [0.4, 0.5) is 22.0 Å². The van der Waals surface area contributed by atoms with Crippen molar-refractivity contribution in [3.63, 3.8) is 0 Å². The Hall–Kier alpha value is -2.15. The van der Waals surface area contributed by atoms with E-state index >= 15 is 0 Å². The fourth-order valence-corrected chi connectivity index (χ4v) is 3.15. The van der Waals surface area contributed by atoms with E-state index in [4.69, 9.17) is 4.74 Å². The van der Waals surface area contributed by atoms with Gasteiger partial charge in [0.2, 0.25) is 0 Å². The Balaban J connectivity index is 2.36. The van der Waals surface area contributed by atoms with Gasteiger partial charge >= 0.3 is 6.18 Å². The summed E-state index contributed by atoms with van der Waals surface area (Å²) in [5.41, 5.74) is -2.48. The summed E-state index contributed by atoms with van der Waals surface area (Å²) in [5, 5.41) is 10.5. The van der Waals surface area contributed by atoms with Gasteiger partial charge in [-0.3, -0.25) is 0 Å². The summed E-state index contributed by atoms with van der Waals surface area (Å²) in [6, 6.07) is 7.14. The normalized spacial score (nSPS) is 15.3. The lowest BCUT2D eigenvalue weighted by Crippen LogP contribution is -2.48. The molecular formula is C20H21F5O2. The second kappa shape index (κ2) is 7.84. The van der Waals surface area contributed by atoms with Crippen molar-refractivity contribution in [3.8, 4) is 5.75 Å². The zero-order valence-electron chi connectivity index (χ0n) is 15.2. The Morgan fingerprint density at radius 1 is 1.07 bits per heavy atom. The first kappa shape index (κ1) is 21.2. The first-order valence-electron chi connectivity index (χ1n) is 8.34. The summed E-state index contributed by atoms with van der Waals surface area (Å²) >= 11 is 0. The van der Waals surface area contributed by atoms with E-state index in [1.165, 1.54) is 39.2 Å². The second-order valence-corrected chi connectivity index (χ2v) is 6.78. The molecule has 0 saturated heterocycles. The van der Waals surface area contributed by atoms with Crippen molar-refractivity contribution in [2.45, 2.75) is 44.4 Å². The predicted molar refractivity (Wildman–Crippen MR) is 91.8 cm³/mol. The molecule has 0 aliphatic carbocycles. The van der Waals surface area contributed by atoms with Crippen molar-refractivity contribution in [1.29, 1.82) is 0 Å². The number of rotatable bonds is 6. The maximum atomic E-state index is 13.7. The Morgan fingerprint density at radius 2 is 1.74 bits per heavy atom. The van der Waals surface area contributed by atoms with Crippen LogP contribution in [-0.4, -0.2) is 24.0 Å². The molecule has 0 bridgehead atoms. The van der Waals surface area contributed by atoms with Gasteiger partial charge in [-0.15, -0.1) is 0 Å². The molecule has 2 atom stereocenters. The third-order valence-electron chi connectivity index (χ3n) is 4.61. The van der Waals surface area contributed by atoms with Crippen LogP contribution < -0.4 is 4.74 Å². The average molecular weight is 388 g/mol. The van der Waals surface area contributed by atoms with Crippen LogP contribution in [0, 0.1) is 18.6 Å². The van der Waals surface area contributed by atoms with E-state index < -0.39 is 42.2 Å². The van der Waals surface area contributed by atoms with Crippen LogP contribution in [0.1, 0.15) is 36.0 Å². The Morgan fingerprint density at radius 3 is 2.30 bits per heavy atom. The van der Waals surface area contributed by atoms with Gasteiger partial charge < -0.3 is 9.84 Å². The van der Waals surface area contributed by atoms with E-state index in [1.807, 2.05) is 0 Å². The lowest BCUT2D eigenvalue weighted by molar-refractivity contribution is -0.263. The Kier molecular flexibility index (Phi) is 6.14. The number of hydrogen-bond acceptors (Lipinski definition) is 2. The molecule has 0 heterocycles. The minimum atomic E-state index is -4.93. The van der Waals surface area contributed by atoms with Crippen molar-refractivity contribution >= 4 is 0 Å². The van der Waals surface area contributed by atoms with Gasteiger partial charge in [-0.2, -0.15) is 13.2 Å². The van der Waals surface area contributed by atoms with Gasteiger partial charge in [0.25, 0.3) is 0 Å². The number of ether oxygens (including phenoxy) is 1. The van der Waals surface area contributed by atoms with Gasteiger partial charge in [0.05, 0.1) is 7.11 Å². The fraction of sp³-hybridized carbons (Fsp3) is 0.400. The molecule has 0 radical (unpaired) electrons. The van der Waals surface area contributed by atoms with Crippen LogP contribution in [-0.2, 0) is 6.42 Å². The molecule has 0 fully saturated rings. The molecule has 2 aromatic carbocycles. The van der Waals surface area contributed by atoms with Crippen molar-refractivity contribution in [1.82, 2.24) is 0 Å². The maximum absolute atomic E-state index is 13.7. The molecule has 0 aliphatic rings. The fourth-order valence-electron chi connectivity index (χ4n) is 3.15. The predicted octanol–water partition coefficient (Wildman–Crippen LogP) is 5.31. The molecule has 0 aromatic heterocycles. The van der Waals surface area contributed by atoms with Crippen molar-refractivity contribution in [3.05, 3.63) is 64.7 Å². The van der Waals surface area contributed by atoms with Crippen LogP contribution in [0.2, 0.25) is 0 Å². The highest BCUT2D eigenvalue weighted by Crippen LogP contribution is 2.42. The zero-order valence-corrected chi connectivity index (χ0v) is 15.2. The smallest absolute Gasteiger partial charge is 0.417 e. The number of alkyl halides is 3. The number of hydrogen-bond donors (Lipinski definition) is 1. The minimum absolute atomic E-state index is 0.159. The highest BCUT2D eigenvalue weighted by molar-refractivity contribution is 5.37. The monoisotopic (exact) mass is 388 g/mol. The molecular weight excluding hydrogens is 367 g/mol. The summed E-state index contributed by atoms with van der Waals surface area (Å²) in [6.45, 7) is 2.90. The molecule has 2 aromatic rings. The van der Waals surface area contributed by atoms with Crippen LogP contribution in [0.5, 0.6) is 5.75 Å². The van der Waals surface area contributed by atoms with Crippen LogP contribution in [0.25, 0.3) is 0 Å². The zero-order chi connectivity index (χ0) is 20.4. The summed E-state index contributed by atoms with van der Waals surface area (Å²) in [4.78, 5) is 0. The summed E-state index contributed by atoms with van der Waals surface area (Å²) < 4.78 is 73.1. The lowest BCUT2D eigenvalue weighted by Gasteiger charge is -2.33. The van der Waals surface area contributed by atoms with Crippen molar-refractivity contribution in [2.24, 2.45) is 0 Å². The van der Waals surface area contributed by atoms with Gasteiger partial charge in [-0.05, 0) is 60.2 Å². The first-order valence-corrected chi connectivity index (χ1v) is 8.34. The SMILES string of the molecule is COc1ccc(F)cc1C(C)CC(O)(Cc1ccc(F)c(C)c1)C(F)(F)F. The van der Waals surface area contributed by atoms with Gasteiger partial charge in [0.15, 0.2) is 5.60 Å². The molecule has 2 rings (SSSR count). The Bertz CT molecular complexity index is 803. The van der Waals surface area contributed by atoms with Gasteiger partial charge in [0.1, 0.15) is 17.4 Å². The summed E-state index contributed by atoms with van der Waals surface area (Å²) in [5.74, 6) is -1.75. The molecule has 27 heavy (non-hydrogen) atoms. The largest absolute Gasteiger partial charge is 0.496 e. The van der Waals surface area contributed by atoms with Gasteiger partial charge in [-0.25, -0.2) is 8.78 Å². The van der Waals surface area contributed by atoms with E-state index in [-0.39, 0.29) is 22.4 Å². The minimum Gasteiger partial charge on any atom is -0.496 e. The van der Waals surface area contributed by atoms with E-state index in [1.54, 1.807) is 0 Å². The number of aryl methyl sites for hydroxylation is 1. The highest BCUT2D eigenvalue weighted by Gasteiger charge is 2.54. The molecule has 0 saturated carbocycles. The molecule has 0 aliphatic heterocycles. The van der Waals surface area contributed by atoms with Crippen LogP contribution in [0.15, 0.2) is 36.4 Å². The van der Waals surface area contributed by atoms with Crippen molar-refractivity contribution in [2.75, 3.05) is 7.11 Å². The Labute approximate surface area is 154 Å². The second-order valence-electron chi connectivity index (χ2n) is 6.78. The summed E-state index contributed by atoms with van der Waals surface area (Å²) in [7, 11) is 1.33. The third-order valence-corrected chi connectivity index (χ3v) is 4.61. The maximum Gasteiger partial charge on any atom is 0.417 e.